The number of H-pyrrole nitrogens is 1. The highest BCUT2D eigenvalue weighted by Crippen LogP contribution is 2.15. The number of hydrogen-bond acceptors (Lipinski definition) is 5. The van der Waals surface area contributed by atoms with Gasteiger partial charge < -0.3 is 5.11 Å². The summed E-state index contributed by atoms with van der Waals surface area (Å²) in [6.45, 7) is 0. The van der Waals surface area contributed by atoms with Crippen LogP contribution in [0.5, 0.6) is 5.75 Å². The zero-order valence-electron chi connectivity index (χ0n) is 12.1. The van der Waals surface area contributed by atoms with Gasteiger partial charge in [0.05, 0.1) is 11.9 Å². The largest absolute Gasteiger partial charge is 0.508 e. The van der Waals surface area contributed by atoms with Gasteiger partial charge >= 0.3 is 0 Å². The summed E-state index contributed by atoms with van der Waals surface area (Å²) in [6.07, 6.45) is 1.56. The molecule has 0 atom stereocenters. The van der Waals surface area contributed by atoms with Gasteiger partial charge in [0, 0.05) is 11.6 Å². The van der Waals surface area contributed by atoms with Crippen LogP contribution in [0.15, 0.2) is 70.6 Å². The number of aromatic amines is 1. The molecule has 0 bridgehead atoms. The van der Waals surface area contributed by atoms with Crippen LogP contribution in [0.25, 0.3) is 11.3 Å². The maximum atomic E-state index is 11.7. The predicted octanol–water partition coefficient (Wildman–Crippen LogP) is 2.59. The first kappa shape index (κ1) is 14.5. The minimum Gasteiger partial charge on any atom is -0.508 e. The van der Waals surface area contributed by atoms with Gasteiger partial charge in [-0.05, 0) is 29.8 Å². The van der Waals surface area contributed by atoms with E-state index in [1.165, 1.54) is 6.07 Å². The standard InChI is InChI=1S/C17H14N4O2/c22-14-8-6-12(7-9-14)11-18-21-17-19-15(10-16(23)20-17)13-4-2-1-3-5-13/h1-11,22H,(H2,19,20,21,23)/b18-11-. The third-order valence-electron chi connectivity index (χ3n) is 3.09. The molecule has 0 amide bonds. The van der Waals surface area contributed by atoms with Crippen molar-refractivity contribution in [1.29, 1.82) is 0 Å². The molecule has 1 aromatic heterocycles. The Balaban J connectivity index is 1.79. The first-order valence-electron chi connectivity index (χ1n) is 6.95. The molecule has 0 aliphatic rings. The molecule has 3 aromatic rings. The highest BCUT2D eigenvalue weighted by Gasteiger charge is 2.02. The van der Waals surface area contributed by atoms with Crippen molar-refractivity contribution in [2.45, 2.75) is 0 Å². The number of benzene rings is 2. The average Bonchev–Trinajstić information content (AvgIpc) is 2.57. The molecule has 3 rings (SSSR count). The van der Waals surface area contributed by atoms with E-state index >= 15 is 0 Å². The Hall–Kier alpha value is -3.41. The lowest BCUT2D eigenvalue weighted by Gasteiger charge is -2.03. The summed E-state index contributed by atoms with van der Waals surface area (Å²) in [6, 6.07) is 17.4. The Morgan fingerprint density at radius 1 is 1.09 bits per heavy atom. The van der Waals surface area contributed by atoms with E-state index in [-0.39, 0.29) is 17.3 Å². The van der Waals surface area contributed by atoms with Crippen LogP contribution in [-0.4, -0.2) is 21.3 Å². The summed E-state index contributed by atoms with van der Waals surface area (Å²) < 4.78 is 0. The van der Waals surface area contributed by atoms with E-state index in [0.29, 0.717) is 5.69 Å². The van der Waals surface area contributed by atoms with Crippen LogP contribution in [-0.2, 0) is 0 Å². The lowest BCUT2D eigenvalue weighted by Crippen LogP contribution is -2.10. The van der Waals surface area contributed by atoms with Crippen LogP contribution < -0.4 is 11.0 Å². The Bertz CT molecular complexity index is 871. The van der Waals surface area contributed by atoms with E-state index in [1.54, 1.807) is 30.5 Å². The van der Waals surface area contributed by atoms with Crippen molar-refractivity contribution >= 4 is 12.2 Å². The fraction of sp³-hybridized carbons (Fsp3) is 0. The molecule has 3 N–H and O–H groups in total. The van der Waals surface area contributed by atoms with Crippen molar-refractivity contribution in [3.8, 4) is 17.0 Å². The number of anilines is 1. The normalized spacial score (nSPS) is 10.8. The number of phenolic OH excluding ortho intramolecular Hbond substituents is 1. The highest BCUT2D eigenvalue weighted by molar-refractivity contribution is 5.80. The lowest BCUT2D eigenvalue weighted by molar-refractivity contribution is 0.475. The number of rotatable bonds is 4. The molecular formula is C17H14N4O2. The molecule has 0 spiro atoms. The number of hydrazone groups is 1. The number of nitrogens with zero attached hydrogens (tertiary/aromatic N) is 2. The SMILES string of the molecule is O=c1cc(-c2ccccc2)nc(N/N=C\c2ccc(O)cc2)[nH]1. The maximum Gasteiger partial charge on any atom is 0.252 e. The first-order valence-corrected chi connectivity index (χ1v) is 6.95. The molecule has 6 nitrogen and oxygen atoms in total. The molecule has 1 heterocycles. The molecule has 0 fully saturated rings. The van der Waals surface area contributed by atoms with E-state index in [2.05, 4.69) is 20.5 Å². The van der Waals surface area contributed by atoms with Gasteiger partial charge in [0.2, 0.25) is 5.95 Å². The number of nitrogens with one attached hydrogen (secondary N) is 2. The molecule has 0 unspecified atom stereocenters. The maximum absolute atomic E-state index is 11.7. The molecule has 0 saturated heterocycles. The van der Waals surface area contributed by atoms with E-state index in [0.717, 1.165) is 11.1 Å². The summed E-state index contributed by atoms with van der Waals surface area (Å²) in [7, 11) is 0. The van der Waals surface area contributed by atoms with E-state index in [4.69, 9.17) is 0 Å². The Morgan fingerprint density at radius 2 is 1.83 bits per heavy atom. The van der Waals surface area contributed by atoms with Gasteiger partial charge in [-0.25, -0.2) is 10.4 Å². The second-order valence-electron chi connectivity index (χ2n) is 4.81. The lowest BCUT2D eigenvalue weighted by atomic mass is 10.1. The Morgan fingerprint density at radius 3 is 2.57 bits per heavy atom. The zero-order valence-corrected chi connectivity index (χ0v) is 12.1. The molecule has 0 radical (unpaired) electrons. The second-order valence-corrected chi connectivity index (χ2v) is 4.81. The van der Waals surface area contributed by atoms with Crippen LogP contribution in [0.4, 0.5) is 5.95 Å². The first-order chi connectivity index (χ1) is 11.2. The highest BCUT2D eigenvalue weighted by atomic mass is 16.3. The summed E-state index contributed by atoms with van der Waals surface area (Å²) in [5.74, 6) is 0.447. The van der Waals surface area contributed by atoms with E-state index in [1.807, 2.05) is 30.3 Å². The van der Waals surface area contributed by atoms with Crippen molar-refractivity contribution in [3.05, 3.63) is 76.6 Å². The second kappa shape index (κ2) is 6.57. The number of hydrogen-bond donors (Lipinski definition) is 3. The third kappa shape index (κ3) is 3.82. The summed E-state index contributed by atoms with van der Waals surface area (Å²) >= 11 is 0. The Labute approximate surface area is 132 Å². The summed E-state index contributed by atoms with van der Waals surface area (Å²) in [4.78, 5) is 18.6. The molecular weight excluding hydrogens is 292 g/mol. The topological polar surface area (TPSA) is 90.4 Å². The summed E-state index contributed by atoms with van der Waals surface area (Å²) in [5, 5.41) is 13.2. The number of aromatic hydroxyl groups is 1. The fourth-order valence-electron chi connectivity index (χ4n) is 2.00. The van der Waals surface area contributed by atoms with Gasteiger partial charge in [-0.3, -0.25) is 9.78 Å². The molecule has 23 heavy (non-hydrogen) atoms. The summed E-state index contributed by atoms with van der Waals surface area (Å²) in [5.41, 5.74) is 4.66. The van der Waals surface area contributed by atoms with Gasteiger partial charge in [-0.15, -0.1) is 0 Å². The fourth-order valence-corrected chi connectivity index (χ4v) is 2.00. The van der Waals surface area contributed by atoms with Gasteiger partial charge in [0.1, 0.15) is 5.75 Å². The molecule has 6 heteroatoms. The Kier molecular flexibility index (Phi) is 4.15. The van der Waals surface area contributed by atoms with E-state index in [9.17, 15) is 9.90 Å². The van der Waals surface area contributed by atoms with Crippen molar-refractivity contribution < 1.29 is 5.11 Å². The van der Waals surface area contributed by atoms with Crippen molar-refractivity contribution in [2.24, 2.45) is 5.10 Å². The predicted molar refractivity (Wildman–Crippen MR) is 89.6 cm³/mol. The van der Waals surface area contributed by atoms with Gasteiger partial charge in [0.25, 0.3) is 5.56 Å². The third-order valence-corrected chi connectivity index (χ3v) is 3.09. The number of aromatic nitrogens is 2. The number of phenols is 1. The van der Waals surface area contributed by atoms with Crippen molar-refractivity contribution in [1.82, 2.24) is 9.97 Å². The molecule has 0 aliphatic carbocycles. The smallest absolute Gasteiger partial charge is 0.252 e. The molecule has 2 aromatic carbocycles. The minimum atomic E-state index is -0.263. The molecule has 114 valence electrons. The van der Waals surface area contributed by atoms with Gasteiger partial charge in [0.15, 0.2) is 0 Å². The van der Waals surface area contributed by atoms with Gasteiger partial charge in [-0.2, -0.15) is 5.10 Å². The molecule has 0 saturated carbocycles. The van der Waals surface area contributed by atoms with Gasteiger partial charge in [-0.1, -0.05) is 30.3 Å². The van der Waals surface area contributed by atoms with Crippen molar-refractivity contribution in [2.75, 3.05) is 5.43 Å². The monoisotopic (exact) mass is 306 g/mol. The van der Waals surface area contributed by atoms with Crippen LogP contribution in [0.1, 0.15) is 5.56 Å². The quantitative estimate of drug-likeness (QED) is 0.510. The van der Waals surface area contributed by atoms with E-state index < -0.39 is 0 Å². The average molecular weight is 306 g/mol. The van der Waals surface area contributed by atoms with Crippen LogP contribution >= 0.6 is 0 Å². The van der Waals surface area contributed by atoms with Crippen molar-refractivity contribution in [3.63, 3.8) is 0 Å². The van der Waals surface area contributed by atoms with Crippen LogP contribution in [0, 0.1) is 0 Å². The minimum absolute atomic E-state index is 0.191. The van der Waals surface area contributed by atoms with Crippen LogP contribution in [0.3, 0.4) is 0 Å². The zero-order chi connectivity index (χ0) is 16.1. The molecule has 0 aliphatic heterocycles. The van der Waals surface area contributed by atoms with Crippen LogP contribution in [0.2, 0.25) is 0 Å².